The monoisotopic (exact) mass is 524 g/mol. The SMILES string of the molecule is CC(CC1COC(/C=C/C=C/c2ccc(C#N)cc2F)OC1)C(O)(Cn1cncn1)c1ccc(F)cc1F. The van der Waals surface area contributed by atoms with Crippen molar-refractivity contribution < 1.29 is 27.8 Å². The highest BCUT2D eigenvalue weighted by molar-refractivity contribution is 5.53. The Balaban J connectivity index is 1.36. The lowest BCUT2D eigenvalue weighted by molar-refractivity contribution is -0.181. The van der Waals surface area contributed by atoms with Crippen LogP contribution in [0.25, 0.3) is 6.08 Å². The van der Waals surface area contributed by atoms with E-state index in [4.69, 9.17) is 14.7 Å². The third-order valence-corrected chi connectivity index (χ3v) is 6.55. The molecule has 2 heterocycles. The lowest BCUT2D eigenvalue weighted by Crippen LogP contribution is -2.42. The summed E-state index contributed by atoms with van der Waals surface area (Å²) in [6.07, 6.45) is 9.17. The van der Waals surface area contributed by atoms with E-state index in [9.17, 15) is 18.3 Å². The molecule has 0 aliphatic carbocycles. The van der Waals surface area contributed by atoms with Crippen LogP contribution in [-0.4, -0.2) is 39.4 Å². The maximum atomic E-state index is 14.7. The van der Waals surface area contributed by atoms with E-state index < -0.39 is 35.3 Å². The molecule has 2 unspecified atom stereocenters. The maximum absolute atomic E-state index is 14.7. The summed E-state index contributed by atoms with van der Waals surface area (Å²) in [7, 11) is 0. The molecule has 38 heavy (non-hydrogen) atoms. The van der Waals surface area contributed by atoms with Crippen molar-refractivity contribution in [2.45, 2.75) is 31.8 Å². The molecule has 3 aromatic rings. The molecule has 0 spiro atoms. The molecule has 2 aromatic carbocycles. The first-order valence-corrected chi connectivity index (χ1v) is 12.1. The molecule has 10 heteroatoms. The Labute approximate surface area is 218 Å². The Morgan fingerprint density at radius 3 is 2.61 bits per heavy atom. The Morgan fingerprint density at radius 1 is 1.16 bits per heavy atom. The minimum Gasteiger partial charge on any atom is -0.383 e. The molecule has 1 fully saturated rings. The molecule has 0 radical (unpaired) electrons. The molecule has 1 N–H and O–H groups in total. The van der Waals surface area contributed by atoms with Gasteiger partial charge in [0.25, 0.3) is 0 Å². The van der Waals surface area contributed by atoms with Crippen LogP contribution in [-0.2, 0) is 21.6 Å². The number of hydrogen-bond acceptors (Lipinski definition) is 6. The van der Waals surface area contributed by atoms with E-state index in [2.05, 4.69) is 10.1 Å². The fraction of sp³-hybridized carbons (Fsp3) is 0.321. The molecule has 0 bridgehead atoms. The lowest BCUT2D eigenvalue weighted by atomic mass is 9.77. The van der Waals surface area contributed by atoms with Crippen LogP contribution < -0.4 is 0 Å². The standard InChI is InChI=1S/C28H27F3N4O3/c1-19(28(36,16-35-18-33-17-34-35)24-9-8-23(29)12-26(24)31)10-21-14-37-27(38-15-21)5-3-2-4-22-7-6-20(13-32)11-25(22)30/h2-9,11-12,17-19,21,27,36H,10,14-16H2,1H3/b4-2+,5-3+. The molecule has 0 amide bonds. The summed E-state index contributed by atoms with van der Waals surface area (Å²) >= 11 is 0. The van der Waals surface area contributed by atoms with E-state index in [1.54, 1.807) is 37.3 Å². The predicted octanol–water partition coefficient (Wildman–Crippen LogP) is 4.74. The van der Waals surface area contributed by atoms with Crippen LogP contribution in [0.15, 0.2) is 67.3 Å². The second kappa shape index (κ2) is 12.2. The van der Waals surface area contributed by atoms with Gasteiger partial charge in [-0.15, -0.1) is 0 Å². The van der Waals surface area contributed by atoms with Gasteiger partial charge in [0.2, 0.25) is 0 Å². The molecule has 1 aliphatic rings. The zero-order chi connectivity index (χ0) is 27.1. The summed E-state index contributed by atoms with van der Waals surface area (Å²) in [5.41, 5.74) is -1.11. The molecule has 4 rings (SSSR count). The van der Waals surface area contributed by atoms with Crippen molar-refractivity contribution in [3.63, 3.8) is 0 Å². The van der Waals surface area contributed by atoms with E-state index in [0.717, 1.165) is 12.1 Å². The minimum absolute atomic E-state index is 0.0224. The smallest absolute Gasteiger partial charge is 0.177 e. The minimum atomic E-state index is -1.69. The van der Waals surface area contributed by atoms with Crippen molar-refractivity contribution in [1.82, 2.24) is 14.8 Å². The van der Waals surface area contributed by atoms with Crippen LogP contribution in [0.2, 0.25) is 0 Å². The summed E-state index contributed by atoms with van der Waals surface area (Å²) < 4.78 is 55.2. The van der Waals surface area contributed by atoms with E-state index in [1.165, 1.54) is 35.5 Å². The highest BCUT2D eigenvalue weighted by Gasteiger charge is 2.40. The van der Waals surface area contributed by atoms with Gasteiger partial charge in [0, 0.05) is 23.1 Å². The molecule has 1 aliphatic heterocycles. The number of halogens is 3. The second-order valence-electron chi connectivity index (χ2n) is 9.27. The lowest BCUT2D eigenvalue weighted by Gasteiger charge is -2.38. The quantitative estimate of drug-likeness (QED) is 0.407. The Kier molecular flexibility index (Phi) is 8.73. The summed E-state index contributed by atoms with van der Waals surface area (Å²) in [6, 6.07) is 9.26. The number of nitriles is 1. The van der Waals surface area contributed by atoms with Gasteiger partial charge in [-0.05, 0) is 36.6 Å². The van der Waals surface area contributed by atoms with Crippen molar-refractivity contribution >= 4 is 6.08 Å². The van der Waals surface area contributed by atoms with Gasteiger partial charge in [-0.3, -0.25) is 0 Å². The van der Waals surface area contributed by atoms with Gasteiger partial charge in [0.1, 0.15) is 35.7 Å². The van der Waals surface area contributed by atoms with Crippen LogP contribution in [0.4, 0.5) is 13.2 Å². The van der Waals surface area contributed by atoms with Crippen molar-refractivity contribution in [2.75, 3.05) is 13.2 Å². The van der Waals surface area contributed by atoms with Gasteiger partial charge < -0.3 is 14.6 Å². The van der Waals surface area contributed by atoms with Gasteiger partial charge in [-0.25, -0.2) is 22.8 Å². The van der Waals surface area contributed by atoms with E-state index in [-0.39, 0.29) is 23.6 Å². The fourth-order valence-corrected chi connectivity index (χ4v) is 4.45. The highest BCUT2D eigenvalue weighted by Crippen LogP contribution is 2.37. The largest absolute Gasteiger partial charge is 0.383 e. The zero-order valence-electron chi connectivity index (χ0n) is 20.7. The van der Waals surface area contributed by atoms with Gasteiger partial charge in [-0.1, -0.05) is 37.3 Å². The number of benzene rings is 2. The number of ether oxygens (including phenoxy) is 2. The number of allylic oxidation sites excluding steroid dienone is 2. The molecule has 0 saturated carbocycles. The van der Waals surface area contributed by atoms with Crippen molar-refractivity contribution in [3.8, 4) is 6.07 Å². The fourth-order valence-electron chi connectivity index (χ4n) is 4.45. The van der Waals surface area contributed by atoms with Crippen LogP contribution in [0.5, 0.6) is 0 Å². The maximum Gasteiger partial charge on any atom is 0.177 e. The number of nitrogens with zero attached hydrogens (tertiary/aromatic N) is 4. The first-order valence-electron chi connectivity index (χ1n) is 12.1. The van der Waals surface area contributed by atoms with E-state index in [0.29, 0.717) is 25.2 Å². The number of aliphatic hydroxyl groups is 1. The van der Waals surface area contributed by atoms with Crippen LogP contribution >= 0.6 is 0 Å². The van der Waals surface area contributed by atoms with Crippen LogP contribution in [0.3, 0.4) is 0 Å². The van der Waals surface area contributed by atoms with Gasteiger partial charge in [0.15, 0.2) is 6.29 Å². The Hall–Kier alpha value is -3.78. The summed E-state index contributed by atoms with van der Waals surface area (Å²) in [4.78, 5) is 3.88. The molecule has 1 saturated heterocycles. The number of hydrogen-bond donors (Lipinski definition) is 1. The Bertz CT molecular complexity index is 1330. The third-order valence-electron chi connectivity index (χ3n) is 6.55. The molecule has 7 nitrogen and oxygen atoms in total. The van der Waals surface area contributed by atoms with Gasteiger partial charge >= 0.3 is 0 Å². The van der Waals surface area contributed by atoms with E-state index in [1.807, 2.05) is 6.07 Å². The van der Waals surface area contributed by atoms with E-state index >= 15 is 0 Å². The predicted molar refractivity (Wildman–Crippen MR) is 133 cm³/mol. The molecule has 198 valence electrons. The topological polar surface area (TPSA) is 93.2 Å². The van der Waals surface area contributed by atoms with Crippen LogP contribution in [0, 0.1) is 40.6 Å². The summed E-state index contributed by atoms with van der Waals surface area (Å²) in [6.45, 7) is 2.42. The van der Waals surface area contributed by atoms with Crippen molar-refractivity contribution in [2.24, 2.45) is 11.8 Å². The zero-order valence-corrected chi connectivity index (χ0v) is 20.7. The van der Waals surface area contributed by atoms with Gasteiger partial charge in [0.05, 0.1) is 31.4 Å². The molecule has 1 aromatic heterocycles. The number of rotatable bonds is 9. The summed E-state index contributed by atoms with van der Waals surface area (Å²) in [5.74, 6) is -2.60. The normalized spacial score (nSPS) is 20.4. The van der Waals surface area contributed by atoms with Gasteiger partial charge in [-0.2, -0.15) is 10.4 Å². The van der Waals surface area contributed by atoms with Crippen LogP contribution in [0.1, 0.15) is 30.0 Å². The number of aromatic nitrogens is 3. The highest BCUT2D eigenvalue weighted by atomic mass is 19.1. The molecular weight excluding hydrogens is 497 g/mol. The first-order chi connectivity index (χ1) is 18.3. The molecular formula is C28H27F3N4O3. The second-order valence-corrected chi connectivity index (χ2v) is 9.27. The van der Waals surface area contributed by atoms with Crippen molar-refractivity contribution in [3.05, 3.63) is 101 Å². The third kappa shape index (κ3) is 6.55. The van der Waals surface area contributed by atoms with Crippen molar-refractivity contribution in [1.29, 1.82) is 5.26 Å². The summed E-state index contributed by atoms with van der Waals surface area (Å²) in [5, 5.41) is 24.5. The molecule has 2 atom stereocenters. The first kappa shape index (κ1) is 27.3. The average Bonchev–Trinajstić information content (AvgIpc) is 3.40. The Morgan fingerprint density at radius 2 is 1.95 bits per heavy atom. The average molecular weight is 525 g/mol.